The van der Waals surface area contributed by atoms with E-state index in [9.17, 15) is 9.59 Å². The minimum atomic E-state index is -0.144. The maximum absolute atomic E-state index is 11.8. The third-order valence-electron chi connectivity index (χ3n) is 2.74. The standard InChI is InChI=1S/C14H19IN2O2/c1-3-10(2)17-13(18)7-8-16-14(19)11-5-4-6-12(15)9-11/h4-6,9-10H,3,7-8H2,1-2H3,(H,16,19)(H,17,18). The molecule has 1 aromatic rings. The summed E-state index contributed by atoms with van der Waals surface area (Å²) in [5.74, 6) is -0.174. The number of nitrogens with one attached hydrogen (secondary N) is 2. The summed E-state index contributed by atoms with van der Waals surface area (Å²) in [4.78, 5) is 23.3. The van der Waals surface area contributed by atoms with Crippen molar-refractivity contribution < 1.29 is 9.59 Å². The van der Waals surface area contributed by atoms with Crippen molar-refractivity contribution in [2.45, 2.75) is 32.7 Å². The van der Waals surface area contributed by atoms with Crippen LogP contribution in [0.15, 0.2) is 24.3 Å². The Kier molecular flexibility index (Phi) is 6.83. The lowest BCUT2D eigenvalue weighted by Crippen LogP contribution is -2.35. The van der Waals surface area contributed by atoms with E-state index < -0.39 is 0 Å². The number of amides is 2. The van der Waals surface area contributed by atoms with E-state index in [2.05, 4.69) is 33.2 Å². The van der Waals surface area contributed by atoms with Crippen molar-refractivity contribution in [2.24, 2.45) is 0 Å². The zero-order chi connectivity index (χ0) is 14.3. The first-order chi connectivity index (χ1) is 9.02. The molecule has 0 aliphatic rings. The lowest BCUT2D eigenvalue weighted by atomic mass is 10.2. The molecule has 0 fully saturated rings. The third-order valence-corrected chi connectivity index (χ3v) is 3.42. The molecule has 104 valence electrons. The Morgan fingerprint density at radius 2 is 2.11 bits per heavy atom. The van der Waals surface area contributed by atoms with E-state index in [0.29, 0.717) is 18.5 Å². The van der Waals surface area contributed by atoms with Gasteiger partial charge in [-0.1, -0.05) is 13.0 Å². The summed E-state index contributed by atoms with van der Waals surface area (Å²) in [6.07, 6.45) is 1.21. The van der Waals surface area contributed by atoms with E-state index >= 15 is 0 Å². The molecule has 0 saturated heterocycles. The second kappa shape index (κ2) is 8.14. The fraction of sp³-hybridized carbons (Fsp3) is 0.429. The summed E-state index contributed by atoms with van der Waals surface area (Å²) in [6.45, 7) is 4.33. The molecule has 1 rings (SSSR count). The highest BCUT2D eigenvalue weighted by molar-refractivity contribution is 14.1. The van der Waals surface area contributed by atoms with Gasteiger partial charge >= 0.3 is 0 Å². The van der Waals surface area contributed by atoms with Crippen LogP contribution in [0, 0.1) is 3.57 Å². The normalized spacial score (nSPS) is 11.7. The van der Waals surface area contributed by atoms with Crippen LogP contribution in [0.4, 0.5) is 0 Å². The number of hydrogen-bond acceptors (Lipinski definition) is 2. The topological polar surface area (TPSA) is 58.2 Å². The average molecular weight is 374 g/mol. The van der Waals surface area contributed by atoms with Gasteiger partial charge in [0.25, 0.3) is 5.91 Å². The van der Waals surface area contributed by atoms with Crippen molar-refractivity contribution in [1.29, 1.82) is 0 Å². The van der Waals surface area contributed by atoms with E-state index in [1.165, 1.54) is 0 Å². The first kappa shape index (κ1) is 15.9. The highest BCUT2D eigenvalue weighted by Crippen LogP contribution is 2.07. The molecule has 5 heteroatoms. The van der Waals surface area contributed by atoms with Crippen LogP contribution in [-0.2, 0) is 4.79 Å². The number of halogens is 1. The molecule has 1 unspecified atom stereocenters. The maximum atomic E-state index is 11.8. The molecular weight excluding hydrogens is 355 g/mol. The van der Waals surface area contributed by atoms with Crippen LogP contribution in [0.5, 0.6) is 0 Å². The second-order valence-electron chi connectivity index (χ2n) is 4.39. The maximum Gasteiger partial charge on any atom is 0.251 e. The Labute approximate surface area is 127 Å². The number of hydrogen-bond donors (Lipinski definition) is 2. The molecule has 0 aromatic heterocycles. The van der Waals surface area contributed by atoms with Crippen molar-refractivity contribution in [3.63, 3.8) is 0 Å². The van der Waals surface area contributed by atoms with Gasteiger partial charge in [0, 0.05) is 28.1 Å². The highest BCUT2D eigenvalue weighted by Gasteiger charge is 2.08. The van der Waals surface area contributed by atoms with Crippen LogP contribution in [-0.4, -0.2) is 24.4 Å². The molecule has 2 amide bonds. The number of carbonyl (C=O) groups excluding carboxylic acids is 2. The summed E-state index contributed by atoms with van der Waals surface area (Å²) in [5.41, 5.74) is 0.620. The predicted molar refractivity (Wildman–Crippen MR) is 84.0 cm³/mol. The van der Waals surface area contributed by atoms with Gasteiger partial charge in [-0.15, -0.1) is 0 Å². The van der Waals surface area contributed by atoms with Gasteiger partial charge in [0.1, 0.15) is 0 Å². The molecule has 0 aliphatic heterocycles. The minimum absolute atomic E-state index is 0.0303. The van der Waals surface area contributed by atoms with Crippen molar-refractivity contribution in [3.05, 3.63) is 33.4 Å². The first-order valence-electron chi connectivity index (χ1n) is 6.36. The zero-order valence-electron chi connectivity index (χ0n) is 11.2. The molecule has 1 atom stereocenters. The summed E-state index contributed by atoms with van der Waals surface area (Å²) < 4.78 is 1.01. The van der Waals surface area contributed by atoms with Crippen LogP contribution in [0.1, 0.15) is 37.0 Å². The van der Waals surface area contributed by atoms with Gasteiger partial charge in [-0.05, 0) is 54.1 Å². The number of carbonyl (C=O) groups is 2. The van der Waals surface area contributed by atoms with Gasteiger partial charge in [-0.25, -0.2) is 0 Å². The fourth-order valence-electron chi connectivity index (χ4n) is 1.47. The second-order valence-corrected chi connectivity index (χ2v) is 5.64. The molecule has 0 radical (unpaired) electrons. The van der Waals surface area contributed by atoms with Gasteiger partial charge < -0.3 is 10.6 Å². The average Bonchev–Trinajstić information content (AvgIpc) is 2.38. The largest absolute Gasteiger partial charge is 0.354 e. The molecular formula is C14H19IN2O2. The van der Waals surface area contributed by atoms with Crippen molar-refractivity contribution in [1.82, 2.24) is 10.6 Å². The van der Waals surface area contributed by atoms with Gasteiger partial charge in [0.15, 0.2) is 0 Å². The van der Waals surface area contributed by atoms with Crippen LogP contribution >= 0.6 is 22.6 Å². The Balaban J connectivity index is 2.33. The Morgan fingerprint density at radius 3 is 2.74 bits per heavy atom. The fourth-order valence-corrected chi connectivity index (χ4v) is 2.01. The summed E-state index contributed by atoms with van der Waals surface area (Å²) in [5, 5.41) is 5.61. The van der Waals surface area contributed by atoms with Crippen molar-refractivity contribution in [2.75, 3.05) is 6.54 Å². The molecule has 4 nitrogen and oxygen atoms in total. The van der Waals surface area contributed by atoms with E-state index in [4.69, 9.17) is 0 Å². The zero-order valence-corrected chi connectivity index (χ0v) is 13.4. The quantitative estimate of drug-likeness (QED) is 0.751. The molecule has 0 bridgehead atoms. The van der Waals surface area contributed by atoms with E-state index in [0.717, 1.165) is 9.99 Å². The van der Waals surface area contributed by atoms with Crippen LogP contribution in [0.25, 0.3) is 0 Å². The first-order valence-corrected chi connectivity index (χ1v) is 7.44. The van der Waals surface area contributed by atoms with E-state index in [1.54, 1.807) is 6.07 Å². The van der Waals surface area contributed by atoms with Crippen LogP contribution < -0.4 is 10.6 Å². The summed E-state index contributed by atoms with van der Waals surface area (Å²) >= 11 is 2.16. The summed E-state index contributed by atoms with van der Waals surface area (Å²) in [6, 6.07) is 7.52. The monoisotopic (exact) mass is 374 g/mol. The predicted octanol–water partition coefficient (Wildman–Crippen LogP) is 2.33. The van der Waals surface area contributed by atoms with E-state index in [1.807, 2.05) is 32.0 Å². The Hall–Kier alpha value is -1.11. The number of rotatable bonds is 6. The Morgan fingerprint density at radius 1 is 1.37 bits per heavy atom. The SMILES string of the molecule is CCC(C)NC(=O)CCNC(=O)c1cccc(I)c1. The molecule has 2 N–H and O–H groups in total. The molecule has 19 heavy (non-hydrogen) atoms. The van der Waals surface area contributed by atoms with Gasteiger partial charge in [0.2, 0.25) is 5.91 Å². The van der Waals surface area contributed by atoms with Crippen molar-refractivity contribution >= 4 is 34.4 Å². The van der Waals surface area contributed by atoms with Gasteiger partial charge in [0.05, 0.1) is 0 Å². The Bertz CT molecular complexity index is 449. The van der Waals surface area contributed by atoms with Crippen molar-refractivity contribution in [3.8, 4) is 0 Å². The lowest BCUT2D eigenvalue weighted by molar-refractivity contribution is -0.121. The van der Waals surface area contributed by atoms with Gasteiger partial charge in [-0.2, -0.15) is 0 Å². The van der Waals surface area contributed by atoms with Gasteiger partial charge in [-0.3, -0.25) is 9.59 Å². The molecule has 0 saturated carbocycles. The van der Waals surface area contributed by atoms with E-state index in [-0.39, 0.29) is 17.9 Å². The smallest absolute Gasteiger partial charge is 0.251 e. The number of benzene rings is 1. The molecule has 0 heterocycles. The molecule has 1 aromatic carbocycles. The minimum Gasteiger partial charge on any atom is -0.354 e. The lowest BCUT2D eigenvalue weighted by Gasteiger charge is -2.11. The highest BCUT2D eigenvalue weighted by atomic mass is 127. The van der Waals surface area contributed by atoms with Crippen LogP contribution in [0.3, 0.4) is 0 Å². The van der Waals surface area contributed by atoms with Crippen LogP contribution in [0.2, 0.25) is 0 Å². The molecule has 0 aliphatic carbocycles. The summed E-state index contributed by atoms with van der Waals surface area (Å²) in [7, 11) is 0. The third kappa shape index (κ3) is 6.04. The molecule has 0 spiro atoms.